The number of nitrogens with zero attached hydrogens (tertiary/aromatic N) is 2. The molecule has 0 amide bonds. The van der Waals surface area contributed by atoms with Crippen LogP contribution in [0, 0.1) is 13.8 Å². The molecule has 0 radical (unpaired) electrons. The number of aryl methyl sites for hydroxylation is 2. The molecule has 0 aliphatic rings. The molecule has 0 aliphatic carbocycles. The summed E-state index contributed by atoms with van der Waals surface area (Å²) >= 11 is 3.11. The first-order valence-electron chi connectivity index (χ1n) is 7.08. The number of ether oxygens (including phenoxy) is 1. The van der Waals surface area contributed by atoms with Gasteiger partial charge in [-0.25, -0.2) is 9.97 Å². The normalized spacial score (nSPS) is 12.6. The van der Waals surface area contributed by atoms with Gasteiger partial charge in [-0.1, -0.05) is 25.1 Å². The number of aromatic nitrogens is 2. The lowest BCUT2D eigenvalue weighted by atomic mass is 10.2. The van der Waals surface area contributed by atoms with Gasteiger partial charge in [0.25, 0.3) is 0 Å². The first kappa shape index (κ1) is 16.2. The predicted molar refractivity (Wildman–Crippen MR) is 88.1 cm³/mol. The Kier molecular flexibility index (Phi) is 5.58. The van der Waals surface area contributed by atoms with Gasteiger partial charge in [0.05, 0.1) is 6.61 Å². The van der Waals surface area contributed by atoms with E-state index in [0.717, 1.165) is 28.1 Å². The van der Waals surface area contributed by atoms with Crippen LogP contribution in [0.4, 0.5) is 0 Å². The highest BCUT2D eigenvalue weighted by molar-refractivity contribution is 8.00. The molecule has 1 atom stereocenters. The van der Waals surface area contributed by atoms with Crippen LogP contribution in [0.15, 0.2) is 11.4 Å². The Morgan fingerprint density at radius 3 is 2.90 bits per heavy atom. The number of hydrogen-bond donors (Lipinski definition) is 0. The Morgan fingerprint density at radius 1 is 1.43 bits per heavy atom. The maximum absolute atomic E-state index is 12.0. The molecule has 0 aliphatic heterocycles. The molecule has 0 N–H and O–H groups in total. The van der Waals surface area contributed by atoms with E-state index in [0.29, 0.717) is 6.61 Å². The molecule has 114 valence electrons. The monoisotopic (exact) mass is 324 g/mol. The summed E-state index contributed by atoms with van der Waals surface area (Å²) in [6.45, 7) is 8.59. The molecule has 0 spiro atoms. The lowest BCUT2D eigenvalue weighted by Gasteiger charge is -2.11. The molecule has 0 bridgehead atoms. The van der Waals surface area contributed by atoms with Crippen molar-refractivity contribution in [2.75, 3.05) is 6.61 Å². The summed E-state index contributed by atoms with van der Waals surface area (Å²) in [5.41, 5.74) is 1.20. The number of thiophene rings is 1. The first-order chi connectivity index (χ1) is 10.0. The highest BCUT2D eigenvalue weighted by Crippen LogP contribution is 2.36. The second-order valence-electron chi connectivity index (χ2n) is 4.92. The van der Waals surface area contributed by atoms with E-state index in [4.69, 9.17) is 4.74 Å². The van der Waals surface area contributed by atoms with Crippen molar-refractivity contribution < 1.29 is 9.53 Å². The molecule has 2 aromatic rings. The van der Waals surface area contributed by atoms with Crippen LogP contribution in [0.1, 0.15) is 37.1 Å². The highest BCUT2D eigenvalue weighted by Gasteiger charge is 2.20. The highest BCUT2D eigenvalue weighted by atomic mass is 32.2. The van der Waals surface area contributed by atoms with Crippen LogP contribution < -0.4 is 0 Å². The topological polar surface area (TPSA) is 52.1 Å². The zero-order valence-electron chi connectivity index (χ0n) is 12.8. The summed E-state index contributed by atoms with van der Waals surface area (Å²) in [5.74, 6) is -0.176. The summed E-state index contributed by atoms with van der Waals surface area (Å²) in [6.07, 6.45) is 3.49. The second-order valence-corrected chi connectivity index (χ2v) is 7.46. The summed E-state index contributed by atoms with van der Waals surface area (Å²) in [7, 11) is 0. The minimum Gasteiger partial charge on any atom is -0.465 e. The summed E-state index contributed by atoms with van der Waals surface area (Å²) in [6, 6.07) is 0. The summed E-state index contributed by atoms with van der Waals surface area (Å²) in [4.78, 5) is 22.9. The number of hydrogen-bond acceptors (Lipinski definition) is 6. The SMILES string of the molecule is CCCCOC(=O)[C@H](C)Sc1ncnc2sc(C)c(C)c12. The van der Waals surface area contributed by atoms with Crippen molar-refractivity contribution in [1.82, 2.24) is 9.97 Å². The third-order valence-electron chi connectivity index (χ3n) is 3.29. The molecule has 2 aromatic heterocycles. The molecular formula is C15H20N2O2S2. The number of unbranched alkanes of at least 4 members (excludes halogenated alkanes) is 1. The fourth-order valence-corrected chi connectivity index (χ4v) is 3.93. The van der Waals surface area contributed by atoms with E-state index in [1.54, 1.807) is 17.7 Å². The Labute approximate surface area is 133 Å². The van der Waals surface area contributed by atoms with Gasteiger partial charge in [-0.2, -0.15) is 0 Å². The van der Waals surface area contributed by atoms with E-state index in [1.165, 1.54) is 22.2 Å². The minimum absolute atomic E-state index is 0.176. The number of carbonyl (C=O) groups is 1. The van der Waals surface area contributed by atoms with Gasteiger partial charge in [-0.15, -0.1) is 11.3 Å². The van der Waals surface area contributed by atoms with Crippen LogP contribution in [0.2, 0.25) is 0 Å². The molecule has 4 nitrogen and oxygen atoms in total. The first-order valence-corrected chi connectivity index (χ1v) is 8.78. The fourth-order valence-electron chi connectivity index (χ4n) is 1.89. The average molecular weight is 324 g/mol. The van der Waals surface area contributed by atoms with Crippen LogP contribution in [-0.2, 0) is 9.53 Å². The van der Waals surface area contributed by atoms with Crippen LogP contribution >= 0.6 is 23.1 Å². The Bertz CT molecular complexity index is 640. The number of carbonyl (C=O) groups excluding carboxylic acids is 1. The van der Waals surface area contributed by atoms with Crippen molar-refractivity contribution in [3.8, 4) is 0 Å². The van der Waals surface area contributed by atoms with Crippen molar-refractivity contribution in [3.63, 3.8) is 0 Å². The predicted octanol–water partition coefficient (Wildman–Crippen LogP) is 4.13. The molecule has 2 heterocycles. The van der Waals surface area contributed by atoms with Crippen LogP contribution in [0.25, 0.3) is 10.2 Å². The lowest BCUT2D eigenvalue weighted by molar-refractivity contribution is -0.142. The van der Waals surface area contributed by atoms with E-state index in [1.807, 2.05) is 6.92 Å². The largest absolute Gasteiger partial charge is 0.465 e. The second kappa shape index (κ2) is 7.22. The minimum atomic E-state index is -0.264. The van der Waals surface area contributed by atoms with Gasteiger partial charge in [0.1, 0.15) is 21.4 Å². The van der Waals surface area contributed by atoms with E-state index < -0.39 is 0 Å². The Morgan fingerprint density at radius 2 is 2.19 bits per heavy atom. The van der Waals surface area contributed by atoms with Crippen molar-refractivity contribution in [2.24, 2.45) is 0 Å². The van der Waals surface area contributed by atoms with E-state index in [-0.39, 0.29) is 11.2 Å². The molecule has 0 fully saturated rings. The van der Waals surface area contributed by atoms with Crippen molar-refractivity contribution >= 4 is 39.3 Å². The van der Waals surface area contributed by atoms with Crippen LogP contribution in [0.5, 0.6) is 0 Å². The quantitative estimate of drug-likeness (QED) is 0.346. The molecule has 0 saturated heterocycles. The Hall–Kier alpha value is -1.14. The fraction of sp³-hybridized carbons (Fsp3) is 0.533. The van der Waals surface area contributed by atoms with Gasteiger partial charge in [-0.05, 0) is 32.8 Å². The van der Waals surface area contributed by atoms with Gasteiger partial charge in [0.15, 0.2) is 0 Å². The average Bonchev–Trinajstić information content (AvgIpc) is 2.75. The molecule has 0 aromatic carbocycles. The number of thioether (sulfide) groups is 1. The maximum atomic E-state index is 12.0. The smallest absolute Gasteiger partial charge is 0.319 e. The Balaban J connectivity index is 2.14. The molecule has 0 unspecified atom stereocenters. The number of fused-ring (bicyclic) bond motifs is 1. The van der Waals surface area contributed by atoms with Crippen molar-refractivity contribution in [1.29, 1.82) is 0 Å². The van der Waals surface area contributed by atoms with Gasteiger partial charge in [-0.3, -0.25) is 4.79 Å². The van der Waals surface area contributed by atoms with Gasteiger partial charge in [0, 0.05) is 10.3 Å². The summed E-state index contributed by atoms with van der Waals surface area (Å²) < 4.78 is 5.26. The van der Waals surface area contributed by atoms with Gasteiger partial charge < -0.3 is 4.74 Å². The zero-order valence-corrected chi connectivity index (χ0v) is 14.4. The molecular weight excluding hydrogens is 304 g/mol. The number of rotatable bonds is 6. The third kappa shape index (κ3) is 3.74. The summed E-state index contributed by atoms with van der Waals surface area (Å²) in [5, 5.41) is 1.67. The third-order valence-corrected chi connectivity index (χ3v) is 5.49. The zero-order chi connectivity index (χ0) is 15.4. The molecule has 21 heavy (non-hydrogen) atoms. The molecule has 2 rings (SSSR count). The maximum Gasteiger partial charge on any atom is 0.319 e. The van der Waals surface area contributed by atoms with E-state index in [2.05, 4.69) is 30.7 Å². The molecule has 6 heteroatoms. The number of esters is 1. The van der Waals surface area contributed by atoms with Gasteiger partial charge in [0.2, 0.25) is 0 Å². The standard InChI is InChI=1S/C15H20N2O2S2/c1-5-6-7-19-15(18)11(4)21-14-12-9(2)10(3)20-13(12)16-8-17-14/h8,11H,5-7H2,1-4H3/t11-/m0/s1. The van der Waals surface area contributed by atoms with Crippen molar-refractivity contribution in [2.45, 2.75) is 50.8 Å². The lowest BCUT2D eigenvalue weighted by Crippen LogP contribution is -2.17. The van der Waals surface area contributed by atoms with Crippen molar-refractivity contribution in [3.05, 3.63) is 16.8 Å². The van der Waals surface area contributed by atoms with E-state index >= 15 is 0 Å². The molecule has 0 saturated carbocycles. The van der Waals surface area contributed by atoms with Crippen LogP contribution in [0.3, 0.4) is 0 Å². The van der Waals surface area contributed by atoms with Crippen LogP contribution in [-0.4, -0.2) is 27.8 Å². The van der Waals surface area contributed by atoms with E-state index in [9.17, 15) is 4.79 Å². The van der Waals surface area contributed by atoms with Gasteiger partial charge >= 0.3 is 5.97 Å².